The maximum atomic E-state index is 13.0. The minimum atomic E-state index is -0.248. The van der Waals surface area contributed by atoms with Crippen LogP contribution in [0.15, 0.2) is 46.2 Å². The summed E-state index contributed by atoms with van der Waals surface area (Å²) in [4.78, 5) is 2.94. The van der Waals surface area contributed by atoms with Gasteiger partial charge in [0.1, 0.15) is 5.82 Å². The molecule has 3 rings (SSSR count). The van der Waals surface area contributed by atoms with E-state index in [1.54, 1.807) is 23.5 Å². The summed E-state index contributed by atoms with van der Waals surface area (Å²) in [5.74, 6) is 0.797. The second-order valence-electron chi connectivity index (χ2n) is 5.68. The molecular weight excluding hydrogens is 371 g/mol. The molecule has 0 radical (unpaired) electrons. The second kappa shape index (κ2) is 8.86. The quantitative estimate of drug-likeness (QED) is 0.610. The smallest absolute Gasteiger partial charge is 0.257 e. The zero-order chi connectivity index (χ0) is 18.4. The van der Waals surface area contributed by atoms with Gasteiger partial charge in [-0.2, -0.15) is 0 Å². The fourth-order valence-electron chi connectivity index (χ4n) is 2.39. The molecule has 0 spiro atoms. The van der Waals surface area contributed by atoms with Gasteiger partial charge in [-0.05, 0) is 47.8 Å². The Labute approximate surface area is 160 Å². The van der Waals surface area contributed by atoms with Gasteiger partial charge in [0, 0.05) is 13.1 Å². The summed E-state index contributed by atoms with van der Waals surface area (Å²) in [5, 5.41) is 14.0. The van der Waals surface area contributed by atoms with Gasteiger partial charge in [0.2, 0.25) is 5.89 Å². The molecule has 0 atom stereocenters. The molecule has 1 N–H and O–H groups in total. The molecule has 5 nitrogen and oxygen atoms in total. The van der Waals surface area contributed by atoms with Gasteiger partial charge in [0.15, 0.2) is 5.11 Å². The molecular formula is C18H19FN4OS2. The summed E-state index contributed by atoms with van der Waals surface area (Å²) in [6.07, 6.45) is 0.935. The predicted molar refractivity (Wildman–Crippen MR) is 104 cm³/mol. The number of benzene rings is 1. The van der Waals surface area contributed by atoms with E-state index in [1.807, 2.05) is 22.4 Å². The van der Waals surface area contributed by atoms with Gasteiger partial charge < -0.3 is 14.6 Å². The molecule has 2 aromatic heterocycles. The predicted octanol–water partition coefficient (Wildman–Crippen LogP) is 4.22. The summed E-state index contributed by atoms with van der Waals surface area (Å²) in [6, 6.07) is 10.2. The van der Waals surface area contributed by atoms with Crippen LogP contribution in [0.4, 0.5) is 4.39 Å². The Balaban J connectivity index is 1.60. The number of nitrogens with zero attached hydrogens (tertiary/aromatic N) is 3. The van der Waals surface area contributed by atoms with Crippen molar-refractivity contribution in [2.45, 2.75) is 26.4 Å². The summed E-state index contributed by atoms with van der Waals surface area (Å²) in [6.45, 7) is 3.83. The van der Waals surface area contributed by atoms with Crippen molar-refractivity contribution in [2.75, 3.05) is 6.54 Å². The van der Waals surface area contributed by atoms with Crippen LogP contribution in [0.5, 0.6) is 0 Å². The first kappa shape index (κ1) is 18.5. The fourth-order valence-corrected chi connectivity index (χ4v) is 3.27. The van der Waals surface area contributed by atoms with Gasteiger partial charge in [-0.1, -0.05) is 25.1 Å². The van der Waals surface area contributed by atoms with Crippen LogP contribution in [0.3, 0.4) is 0 Å². The average Bonchev–Trinajstić information content (AvgIpc) is 3.32. The van der Waals surface area contributed by atoms with Gasteiger partial charge in [-0.25, -0.2) is 4.39 Å². The van der Waals surface area contributed by atoms with Crippen molar-refractivity contribution in [2.24, 2.45) is 0 Å². The van der Waals surface area contributed by atoms with E-state index in [2.05, 4.69) is 22.4 Å². The van der Waals surface area contributed by atoms with E-state index >= 15 is 0 Å². The van der Waals surface area contributed by atoms with Crippen LogP contribution < -0.4 is 5.32 Å². The third kappa shape index (κ3) is 4.86. The molecule has 0 unspecified atom stereocenters. The monoisotopic (exact) mass is 390 g/mol. The minimum absolute atomic E-state index is 0.248. The van der Waals surface area contributed by atoms with Crippen molar-refractivity contribution in [3.63, 3.8) is 0 Å². The zero-order valence-electron chi connectivity index (χ0n) is 14.3. The van der Waals surface area contributed by atoms with Crippen molar-refractivity contribution in [3.05, 3.63) is 59.0 Å². The summed E-state index contributed by atoms with van der Waals surface area (Å²) in [5.41, 5.74) is 0.961. The van der Waals surface area contributed by atoms with E-state index in [4.69, 9.17) is 16.6 Å². The standard InChI is InChI=1S/C18H19FN4OS2/c1-2-9-23(18(25)20-11-13-5-7-14(19)8-6-13)12-16-21-22-17(24-16)15-4-3-10-26-15/h3-8,10H,2,9,11-12H2,1H3,(H,20,25). The molecule has 0 aliphatic rings. The number of hydrogen-bond donors (Lipinski definition) is 1. The Morgan fingerprint density at radius 3 is 2.77 bits per heavy atom. The Kier molecular flexibility index (Phi) is 6.30. The Hall–Kier alpha value is -2.32. The summed E-state index contributed by atoms with van der Waals surface area (Å²) < 4.78 is 18.7. The van der Waals surface area contributed by atoms with Gasteiger partial charge in [-0.15, -0.1) is 21.5 Å². The molecule has 0 saturated heterocycles. The number of aromatic nitrogens is 2. The molecule has 0 fully saturated rings. The van der Waals surface area contributed by atoms with Crippen LogP contribution in [0.1, 0.15) is 24.8 Å². The van der Waals surface area contributed by atoms with Crippen LogP contribution in [0.2, 0.25) is 0 Å². The normalized spacial score (nSPS) is 10.7. The number of thiocarbonyl (C=S) groups is 1. The first-order valence-electron chi connectivity index (χ1n) is 8.29. The summed E-state index contributed by atoms with van der Waals surface area (Å²) >= 11 is 7.06. The van der Waals surface area contributed by atoms with Crippen LogP contribution in [0.25, 0.3) is 10.8 Å². The lowest BCUT2D eigenvalue weighted by Crippen LogP contribution is -2.39. The van der Waals surface area contributed by atoms with Crippen molar-refractivity contribution in [1.29, 1.82) is 0 Å². The molecule has 136 valence electrons. The third-order valence-electron chi connectivity index (χ3n) is 3.66. The van der Waals surface area contributed by atoms with Gasteiger partial charge in [0.25, 0.3) is 5.89 Å². The Morgan fingerprint density at radius 2 is 2.08 bits per heavy atom. The van der Waals surface area contributed by atoms with E-state index in [0.717, 1.165) is 23.4 Å². The molecule has 0 aliphatic heterocycles. The lowest BCUT2D eigenvalue weighted by Gasteiger charge is -2.23. The van der Waals surface area contributed by atoms with Crippen molar-refractivity contribution in [1.82, 2.24) is 20.4 Å². The first-order chi connectivity index (χ1) is 12.7. The Morgan fingerprint density at radius 1 is 1.27 bits per heavy atom. The topological polar surface area (TPSA) is 54.2 Å². The molecule has 2 heterocycles. The van der Waals surface area contributed by atoms with Gasteiger partial charge >= 0.3 is 0 Å². The van der Waals surface area contributed by atoms with Crippen LogP contribution in [-0.2, 0) is 13.1 Å². The number of nitrogens with one attached hydrogen (secondary N) is 1. The number of hydrogen-bond acceptors (Lipinski definition) is 5. The number of rotatable bonds is 7. The SMILES string of the molecule is CCCN(Cc1nnc(-c2cccs2)o1)C(=S)NCc1ccc(F)cc1. The molecule has 0 bridgehead atoms. The van der Waals surface area contributed by atoms with Gasteiger partial charge in [-0.3, -0.25) is 0 Å². The highest BCUT2D eigenvalue weighted by Gasteiger charge is 2.15. The molecule has 3 aromatic rings. The van der Waals surface area contributed by atoms with Crippen molar-refractivity contribution < 1.29 is 8.81 Å². The minimum Gasteiger partial charge on any atom is -0.418 e. The third-order valence-corrected chi connectivity index (χ3v) is 4.92. The van der Waals surface area contributed by atoms with Crippen molar-refractivity contribution in [3.8, 4) is 10.8 Å². The highest BCUT2D eigenvalue weighted by Crippen LogP contribution is 2.23. The maximum absolute atomic E-state index is 13.0. The van der Waals surface area contributed by atoms with Crippen LogP contribution >= 0.6 is 23.6 Å². The lowest BCUT2D eigenvalue weighted by atomic mass is 10.2. The fraction of sp³-hybridized carbons (Fsp3) is 0.278. The lowest BCUT2D eigenvalue weighted by molar-refractivity contribution is 0.350. The maximum Gasteiger partial charge on any atom is 0.257 e. The van der Waals surface area contributed by atoms with E-state index in [-0.39, 0.29) is 5.82 Å². The molecule has 0 saturated carbocycles. The zero-order valence-corrected chi connectivity index (χ0v) is 15.9. The Bertz CT molecular complexity index is 833. The average molecular weight is 391 g/mol. The molecule has 0 aliphatic carbocycles. The first-order valence-corrected chi connectivity index (χ1v) is 9.58. The highest BCUT2D eigenvalue weighted by molar-refractivity contribution is 7.80. The number of halogens is 1. The second-order valence-corrected chi connectivity index (χ2v) is 7.02. The van der Waals surface area contributed by atoms with E-state index in [1.165, 1.54) is 12.1 Å². The molecule has 26 heavy (non-hydrogen) atoms. The number of thiophene rings is 1. The van der Waals surface area contributed by atoms with E-state index in [0.29, 0.717) is 30.0 Å². The van der Waals surface area contributed by atoms with E-state index < -0.39 is 0 Å². The molecule has 0 amide bonds. The molecule has 8 heteroatoms. The van der Waals surface area contributed by atoms with E-state index in [9.17, 15) is 4.39 Å². The largest absolute Gasteiger partial charge is 0.418 e. The van der Waals surface area contributed by atoms with Gasteiger partial charge in [0.05, 0.1) is 11.4 Å². The van der Waals surface area contributed by atoms with Crippen LogP contribution in [0, 0.1) is 5.82 Å². The molecule has 1 aromatic carbocycles. The van der Waals surface area contributed by atoms with Crippen LogP contribution in [-0.4, -0.2) is 26.8 Å². The highest BCUT2D eigenvalue weighted by atomic mass is 32.1. The van der Waals surface area contributed by atoms with Crippen molar-refractivity contribution >= 4 is 28.7 Å². The summed E-state index contributed by atoms with van der Waals surface area (Å²) in [7, 11) is 0.